The van der Waals surface area contributed by atoms with Crippen molar-refractivity contribution < 1.29 is 14.0 Å². The molecule has 3 aromatic rings. The number of oxime groups is 1. The molecular weight excluding hydrogens is 399 g/mol. The van der Waals surface area contributed by atoms with Gasteiger partial charge in [-0.15, -0.1) is 0 Å². The van der Waals surface area contributed by atoms with Gasteiger partial charge in [0.2, 0.25) is 0 Å². The average Bonchev–Trinajstić information content (AvgIpc) is 3.43. The number of anilines is 1. The molecule has 6 rings (SSSR count). The van der Waals surface area contributed by atoms with Crippen LogP contribution in [0.15, 0.2) is 52.8 Å². The smallest absolute Gasteiger partial charge is 0.199 e. The Bertz CT molecular complexity index is 1300. The van der Waals surface area contributed by atoms with Gasteiger partial charge in [0.25, 0.3) is 0 Å². The summed E-state index contributed by atoms with van der Waals surface area (Å²) in [6, 6.07) is 7.04. The van der Waals surface area contributed by atoms with Crippen LogP contribution in [0.4, 0.5) is 10.1 Å². The predicted octanol–water partition coefficient (Wildman–Crippen LogP) is 2.92. The Morgan fingerprint density at radius 2 is 2.10 bits per heavy atom. The van der Waals surface area contributed by atoms with Crippen LogP contribution in [0.1, 0.15) is 34.8 Å². The summed E-state index contributed by atoms with van der Waals surface area (Å²) < 4.78 is 17.1. The van der Waals surface area contributed by atoms with Crippen molar-refractivity contribution >= 4 is 28.6 Å². The van der Waals surface area contributed by atoms with Crippen LogP contribution in [-0.2, 0) is 4.84 Å². The molecule has 2 aromatic heterocycles. The summed E-state index contributed by atoms with van der Waals surface area (Å²) in [4.78, 5) is 35.7. The predicted molar refractivity (Wildman–Crippen MR) is 113 cm³/mol. The fraction of sp³-hybridized carbons (Fsp3) is 0.304. The molecule has 156 valence electrons. The zero-order valence-electron chi connectivity index (χ0n) is 16.6. The van der Waals surface area contributed by atoms with Gasteiger partial charge >= 0.3 is 0 Å². The van der Waals surface area contributed by atoms with Gasteiger partial charge in [0.1, 0.15) is 5.82 Å². The first-order valence-corrected chi connectivity index (χ1v) is 10.4. The fourth-order valence-corrected chi connectivity index (χ4v) is 4.67. The molecule has 7 nitrogen and oxygen atoms in total. The van der Waals surface area contributed by atoms with Crippen LogP contribution in [0.5, 0.6) is 0 Å². The van der Waals surface area contributed by atoms with Gasteiger partial charge < -0.3 is 14.3 Å². The first kappa shape index (κ1) is 18.2. The highest BCUT2D eigenvalue weighted by Crippen LogP contribution is 2.39. The van der Waals surface area contributed by atoms with E-state index in [1.165, 1.54) is 6.07 Å². The first-order valence-electron chi connectivity index (χ1n) is 10.4. The quantitative estimate of drug-likeness (QED) is 0.609. The molecule has 0 radical (unpaired) electrons. The first-order chi connectivity index (χ1) is 15.1. The molecule has 0 bridgehead atoms. The van der Waals surface area contributed by atoms with Crippen molar-refractivity contribution in [3.63, 3.8) is 0 Å². The van der Waals surface area contributed by atoms with Crippen LogP contribution in [0.3, 0.4) is 0 Å². The Labute approximate surface area is 176 Å². The number of fused-ring (bicyclic) bond motifs is 2. The number of hydrogen-bond donors (Lipinski definition) is 0. The van der Waals surface area contributed by atoms with Crippen molar-refractivity contribution in [2.45, 2.75) is 25.0 Å². The van der Waals surface area contributed by atoms with Gasteiger partial charge in [0, 0.05) is 42.1 Å². The summed E-state index contributed by atoms with van der Waals surface area (Å²) in [6.45, 7) is 1.06. The highest BCUT2D eigenvalue weighted by atomic mass is 19.1. The number of carbonyl (C=O) groups excluding carboxylic acids is 1. The zero-order valence-corrected chi connectivity index (χ0v) is 16.6. The highest BCUT2D eigenvalue weighted by Gasteiger charge is 2.43. The molecule has 0 amide bonds. The molecule has 1 aromatic carbocycles. The number of carbonyl (C=O) groups is 1. The van der Waals surface area contributed by atoms with Gasteiger partial charge in [-0.1, -0.05) is 5.16 Å². The van der Waals surface area contributed by atoms with Crippen LogP contribution < -0.4 is 10.3 Å². The molecule has 4 heterocycles. The van der Waals surface area contributed by atoms with Crippen LogP contribution in [0.25, 0.3) is 10.9 Å². The molecule has 1 saturated carbocycles. The summed E-state index contributed by atoms with van der Waals surface area (Å²) in [5.74, 6) is -0.461. The van der Waals surface area contributed by atoms with Crippen molar-refractivity contribution in [1.82, 2.24) is 9.55 Å². The van der Waals surface area contributed by atoms with Gasteiger partial charge in [0.05, 0.1) is 34.9 Å². The number of rotatable bonds is 4. The number of nitrogens with zero attached hydrogens (tertiary/aromatic N) is 4. The van der Waals surface area contributed by atoms with Crippen molar-refractivity contribution in [2.24, 2.45) is 11.1 Å². The lowest BCUT2D eigenvalue weighted by molar-refractivity contribution is 0.0853. The Morgan fingerprint density at radius 1 is 1.23 bits per heavy atom. The summed E-state index contributed by atoms with van der Waals surface area (Å²) in [5, 5.41) is 4.49. The van der Waals surface area contributed by atoms with E-state index in [1.54, 1.807) is 24.7 Å². The number of benzene rings is 1. The van der Waals surface area contributed by atoms with E-state index in [1.807, 2.05) is 21.6 Å². The third-order valence-electron chi connectivity index (χ3n) is 6.40. The van der Waals surface area contributed by atoms with Crippen LogP contribution in [0, 0.1) is 11.7 Å². The fourth-order valence-electron chi connectivity index (χ4n) is 4.67. The maximum atomic E-state index is 15.2. The average molecular weight is 418 g/mol. The van der Waals surface area contributed by atoms with E-state index in [0.717, 1.165) is 24.1 Å². The summed E-state index contributed by atoms with van der Waals surface area (Å²) >= 11 is 0. The lowest BCUT2D eigenvalue weighted by atomic mass is 9.96. The minimum Gasteiger partial charge on any atom is -0.390 e. The van der Waals surface area contributed by atoms with E-state index >= 15 is 4.39 Å². The molecule has 8 heteroatoms. The maximum Gasteiger partial charge on any atom is 0.199 e. The van der Waals surface area contributed by atoms with Crippen LogP contribution >= 0.6 is 0 Å². The molecule has 0 spiro atoms. The zero-order chi connectivity index (χ0) is 21.1. The van der Waals surface area contributed by atoms with Crippen molar-refractivity contribution in [1.29, 1.82) is 0 Å². The number of halogens is 1. The SMILES string of the molecule is O=Cc1cn(C2CC2)c2cc(N3CC4ON=C(c5cccnc5)C4C3)c(F)cc2c1=O. The van der Waals surface area contributed by atoms with E-state index in [2.05, 4.69) is 10.1 Å². The van der Waals surface area contributed by atoms with Crippen molar-refractivity contribution in [3.05, 3.63) is 70.0 Å². The maximum absolute atomic E-state index is 15.2. The van der Waals surface area contributed by atoms with Gasteiger partial charge in [-0.05, 0) is 37.1 Å². The molecule has 1 saturated heterocycles. The Hall–Kier alpha value is -3.55. The summed E-state index contributed by atoms with van der Waals surface area (Å²) in [6.07, 6.45) is 7.41. The van der Waals surface area contributed by atoms with Gasteiger partial charge in [-0.3, -0.25) is 14.6 Å². The summed E-state index contributed by atoms with van der Waals surface area (Å²) in [7, 11) is 0. The molecule has 0 N–H and O–H groups in total. The lowest BCUT2D eigenvalue weighted by Gasteiger charge is -2.21. The second-order valence-electron chi connectivity index (χ2n) is 8.36. The summed E-state index contributed by atoms with van der Waals surface area (Å²) in [5.41, 5.74) is 2.46. The second kappa shape index (κ2) is 6.73. The lowest BCUT2D eigenvalue weighted by Crippen LogP contribution is -2.24. The third kappa shape index (κ3) is 2.85. The number of pyridine rings is 2. The number of hydrogen-bond acceptors (Lipinski definition) is 6. The normalized spacial score (nSPS) is 22.4. The highest BCUT2D eigenvalue weighted by molar-refractivity contribution is 6.03. The Balaban J connectivity index is 1.40. The molecule has 2 atom stereocenters. The van der Waals surface area contributed by atoms with E-state index < -0.39 is 11.2 Å². The van der Waals surface area contributed by atoms with E-state index in [0.29, 0.717) is 30.6 Å². The van der Waals surface area contributed by atoms with E-state index in [-0.39, 0.29) is 29.0 Å². The topological polar surface area (TPSA) is 76.8 Å². The standard InChI is InChI=1S/C23H19FN4O3/c24-18-6-16-19(28(15-3-4-15)9-14(12-29)23(16)30)7-20(18)27-10-17-21(11-27)31-26-22(17)13-2-1-5-25-8-13/h1-2,5-9,12,15,17,21H,3-4,10-11H2. The minimum absolute atomic E-state index is 0.0161. The molecular formula is C23H19FN4O3. The Kier molecular flexibility index (Phi) is 3.96. The van der Waals surface area contributed by atoms with Gasteiger partial charge in [-0.25, -0.2) is 4.39 Å². The van der Waals surface area contributed by atoms with Crippen LogP contribution in [0.2, 0.25) is 0 Å². The molecule has 3 aliphatic rings. The molecule has 2 aliphatic heterocycles. The molecule has 2 fully saturated rings. The number of aldehydes is 1. The number of aromatic nitrogens is 2. The largest absolute Gasteiger partial charge is 0.390 e. The monoisotopic (exact) mass is 418 g/mol. The Morgan fingerprint density at radius 3 is 2.84 bits per heavy atom. The van der Waals surface area contributed by atoms with Gasteiger partial charge in [0.15, 0.2) is 17.8 Å². The van der Waals surface area contributed by atoms with Crippen molar-refractivity contribution in [2.75, 3.05) is 18.0 Å². The van der Waals surface area contributed by atoms with Crippen LogP contribution in [-0.4, -0.2) is 40.7 Å². The molecule has 2 unspecified atom stereocenters. The van der Waals surface area contributed by atoms with Crippen molar-refractivity contribution in [3.8, 4) is 0 Å². The van der Waals surface area contributed by atoms with Gasteiger partial charge in [-0.2, -0.15) is 0 Å². The molecule has 31 heavy (non-hydrogen) atoms. The minimum atomic E-state index is -0.477. The third-order valence-corrected chi connectivity index (χ3v) is 6.40. The van der Waals surface area contributed by atoms with E-state index in [4.69, 9.17) is 4.84 Å². The molecule has 1 aliphatic carbocycles. The van der Waals surface area contributed by atoms with E-state index in [9.17, 15) is 9.59 Å². The second-order valence-corrected chi connectivity index (χ2v) is 8.36.